The molecule has 27 heavy (non-hydrogen) atoms. The van der Waals surface area contributed by atoms with Crippen molar-refractivity contribution >= 4 is 22.6 Å². The first-order valence-corrected chi connectivity index (χ1v) is 8.33. The second-order valence-corrected chi connectivity index (χ2v) is 5.85. The van der Waals surface area contributed by atoms with Crippen molar-refractivity contribution in [3.05, 3.63) is 77.9 Å². The van der Waals surface area contributed by atoms with Crippen LogP contribution in [0.15, 0.2) is 66.7 Å². The van der Waals surface area contributed by atoms with E-state index in [-0.39, 0.29) is 18.9 Å². The Balaban J connectivity index is 1.48. The number of nitrogens with zero attached hydrogens (tertiary/aromatic N) is 1. The van der Waals surface area contributed by atoms with E-state index in [0.29, 0.717) is 11.3 Å². The van der Waals surface area contributed by atoms with Gasteiger partial charge in [0.1, 0.15) is 11.8 Å². The molecule has 3 aromatic carbocycles. The number of benzene rings is 3. The van der Waals surface area contributed by atoms with Gasteiger partial charge in [-0.05, 0) is 28.5 Å². The summed E-state index contributed by atoms with van der Waals surface area (Å²) in [6.45, 7) is -0.311. The number of para-hydroxylation sites is 1. The van der Waals surface area contributed by atoms with E-state index in [2.05, 4.69) is 10.9 Å². The SMILES string of the molecule is N#Cc1ccccc1OCC(=O)NNC(=O)Cc1ccc2ccccc2c1. The molecule has 0 aliphatic rings. The molecule has 0 heterocycles. The maximum absolute atomic E-state index is 12.0. The molecule has 0 radical (unpaired) electrons. The van der Waals surface area contributed by atoms with Crippen LogP contribution in [-0.2, 0) is 16.0 Å². The van der Waals surface area contributed by atoms with Crippen molar-refractivity contribution in [1.82, 2.24) is 10.9 Å². The molecule has 6 nitrogen and oxygen atoms in total. The van der Waals surface area contributed by atoms with Gasteiger partial charge in [0.15, 0.2) is 6.61 Å². The number of nitriles is 1. The fraction of sp³-hybridized carbons (Fsp3) is 0.0952. The Morgan fingerprint density at radius 1 is 0.889 bits per heavy atom. The van der Waals surface area contributed by atoms with Crippen LogP contribution in [0, 0.1) is 11.3 Å². The summed E-state index contributed by atoms with van der Waals surface area (Å²) in [5.74, 6) is -0.539. The van der Waals surface area contributed by atoms with Crippen molar-refractivity contribution in [3.63, 3.8) is 0 Å². The predicted octanol–water partition coefficient (Wildman–Crippen LogP) is 2.48. The van der Waals surface area contributed by atoms with Crippen molar-refractivity contribution in [1.29, 1.82) is 5.26 Å². The van der Waals surface area contributed by atoms with Crippen LogP contribution in [0.2, 0.25) is 0 Å². The summed E-state index contributed by atoms with van der Waals surface area (Å²) in [6, 6.07) is 22.3. The average molecular weight is 359 g/mol. The number of ether oxygens (including phenoxy) is 1. The molecule has 0 aliphatic heterocycles. The van der Waals surface area contributed by atoms with E-state index in [1.807, 2.05) is 48.5 Å². The van der Waals surface area contributed by atoms with Crippen molar-refractivity contribution in [2.24, 2.45) is 0 Å². The van der Waals surface area contributed by atoms with Gasteiger partial charge in [0.05, 0.1) is 12.0 Å². The van der Waals surface area contributed by atoms with Crippen LogP contribution in [0.25, 0.3) is 10.8 Å². The van der Waals surface area contributed by atoms with Crippen LogP contribution < -0.4 is 15.6 Å². The maximum Gasteiger partial charge on any atom is 0.276 e. The lowest BCUT2D eigenvalue weighted by atomic mass is 10.1. The van der Waals surface area contributed by atoms with Crippen molar-refractivity contribution < 1.29 is 14.3 Å². The normalized spacial score (nSPS) is 10.0. The lowest BCUT2D eigenvalue weighted by Crippen LogP contribution is -2.44. The lowest BCUT2D eigenvalue weighted by molar-refractivity contribution is -0.129. The van der Waals surface area contributed by atoms with E-state index in [4.69, 9.17) is 10.00 Å². The summed E-state index contributed by atoms with van der Waals surface area (Å²) in [6.07, 6.45) is 0.142. The Bertz CT molecular complexity index is 1020. The quantitative estimate of drug-likeness (QED) is 0.685. The molecule has 6 heteroatoms. The number of carbonyl (C=O) groups is 2. The first kappa shape index (κ1) is 18.0. The zero-order chi connectivity index (χ0) is 19.1. The van der Waals surface area contributed by atoms with Gasteiger partial charge in [-0.2, -0.15) is 5.26 Å². The molecule has 0 atom stereocenters. The van der Waals surface area contributed by atoms with E-state index in [9.17, 15) is 9.59 Å². The molecule has 3 rings (SSSR count). The van der Waals surface area contributed by atoms with Crippen LogP contribution in [0.3, 0.4) is 0 Å². The van der Waals surface area contributed by atoms with E-state index < -0.39 is 5.91 Å². The topological polar surface area (TPSA) is 91.2 Å². The van der Waals surface area contributed by atoms with Crippen LogP contribution in [0.4, 0.5) is 0 Å². The second kappa shape index (κ2) is 8.50. The summed E-state index contributed by atoms with van der Waals surface area (Å²) < 4.78 is 5.30. The number of hydrogen-bond acceptors (Lipinski definition) is 4. The fourth-order valence-corrected chi connectivity index (χ4v) is 2.58. The van der Waals surface area contributed by atoms with Crippen LogP contribution in [-0.4, -0.2) is 18.4 Å². The molecule has 0 saturated heterocycles. The average Bonchev–Trinajstić information content (AvgIpc) is 2.70. The predicted molar refractivity (Wildman–Crippen MR) is 101 cm³/mol. The Hall–Kier alpha value is -3.85. The number of hydrogen-bond donors (Lipinski definition) is 2. The second-order valence-electron chi connectivity index (χ2n) is 5.85. The minimum atomic E-state index is -0.519. The number of hydrazine groups is 1. The summed E-state index contributed by atoms with van der Waals surface area (Å²) in [5.41, 5.74) is 5.85. The number of fused-ring (bicyclic) bond motifs is 1. The Kier molecular flexibility index (Phi) is 5.65. The van der Waals surface area contributed by atoms with Gasteiger partial charge in [0.25, 0.3) is 5.91 Å². The highest BCUT2D eigenvalue weighted by Gasteiger charge is 2.09. The standard InChI is InChI=1S/C21H17N3O3/c22-13-18-7-3-4-8-19(18)27-14-21(26)24-23-20(25)12-15-9-10-16-5-1-2-6-17(16)11-15/h1-11H,12,14H2,(H,23,25)(H,24,26). The van der Waals surface area contributed by atoms with Crippen molar-refractivity contribution in [2.45, 2.75) is 6.42 Å². The van der Waals surface area contributed by atoms with Gasteiger partial charge in [0, 0.05) is 0 Å². The summed E-state index contributed by atoms with van der Waals surface area (Å²) in [7, 11) is 0. The molecule has 2 amide bonds. The molecule has 0 saturated carbocycles. The molecule has 0 bridgehead atoms. The zero-order valence-electron chi connectivity index (χ0n) is 14.4. The van der Waals surface area contributed by atoms with Gasteiger partial charge < -0.3 is 4.74 Å². The fourth-order valence-electron chi connectivity index (χ4n) is 2.58. The molecule has 2 N–H and O–H groups in total. The monoisotopic (exact) mass is 359 g/mol. The molecule has 0 spiro atoms. The number of amides is 2. The number of carbonyl (C=O) groups excluding carboxylic acids is 2. The van der Waals surface area contributed by atoms with Gasteiger partial charge in [-0.25, -0.2) is 0 Å². The Morgan fingerprint density at radius 2 is 1.59 bits per heavy atom. The van der Waals surface area contributed by atoms with Gasteiger partial charge in [0.2, 0.25) is 5.91 Å². The first-order valence-electron chi connectivity index (χ1n) is 8.33. The van der Waals surface area contributed by atoms with E-state index >= 15 is 0 Å². The van der Waals surface area contributed by atoms with Crippen molar-refractivity contribution in [2.75, 3.05) is 6.61 Å². The summed E-state index contributed by atoms with van der Waals surface area (Å²) >= 11 is 0. The molecule has 0 aliphatic carbocycles. The van der Waals surface area contributed by atoms with Gasteiger partial charge in [-0.1, -0.05) is 54.6 Å². The maximum atomic E-state index is 12.0. The summed E-state index contributed by atoms with van der Waals surface area (Å²) in [5, 5.41) is 11.1. The molecule has 0 unspecified atom stereocenters. The molecule has 0 aromatic heterocycles. The van der Waals surface area contributed by atoms with Crippen LogP contribution in [0.5, 0.6) is 5.75 Å². The third-order valence-electron chi connectivity index (χ3n) is 3.89. The number of rotatable bonds is 5. The third-order valence-corrected chi connectivity index (χ3v) is 3.89. The highest BCUT2D eigenvalue weighted by Crippen LogP contribution is 2.16. The van der Waals surface area contributed by atoms with E-state index in [1.54, 1.807) is 24.3 Å². The minimum Gasteiger partial charge on any atom is -0.482 e. The third kappa shape index (κ3) is 4.83. The lowest BCUT2D eigenvalue weighted by Gasteiger charge is -2.10. The number of nitrogens with one attached hydrogen (secondary N) is 2. The first-order chi connectivity index (χ1) is 13.2. The summed E-state index contributed by atoms with van der Waals surface area (Å²) in [4.78, 5) is 23.8. The molecule has 0 fully saturated rings. The Labute approximate surface area is 156 Å². The molecular formula is C21H17N3O3. The molecular weight excluding hydrogens is 342 g/mol. The molecule has 3 aromatic rings. The van der Waals surface area contributed by atoms with Gasteiger partial charge >= 0.3 is 0 Å². The minimum absolute atomic E-state index is 0.142. The largest absolute Gasteiger partial charge is 0.482 e. The van der Waals surface area contributed by atoms with E-state index in [1.165, 1.54) is 0 Å². The van der Waals surface area contributed by atoms with Crippen molar-refractivity contribution in [3.8, 4) is 11.8 Å². The van der Waals surface area contributed by atoms with Gasteiger partial charge in [-0.15, -0.1) is 0 Å². The zero-order valence-corrected chi connectivity index (χ0v) is 14.4. The molecule has 134 valence electrons. The Morgan fingerprint density at radius 3 is 2.41 bits per heavy atom. The van der Waals surface area contributed by atoms with Gasteiger partial charge in [-0.3, -0.25) is 20.4 Å². The smallest absolute Gasteiger partial charge is 0.276 e. The van der Waals surface area contributed by atoms with E-state index in [0.717, 1.165) is 16.3 Å². The van der Waals surface area contributed by atoms with Crippen LogP contribution >= 0.6 is 0 Å². The highest BCUT2D eigenvalue weighted by atomic mass is 16.5. The highest BCUT2D eigenvalue weighted by molar-refractivity contribution is 5.86. The van der Waals surface area contributed by atoms with Crippen LogP contribution in [0.1, 0.15) is 11.1 Å².